The molecule has 2 nitrogen and oxygen atoms in total. The highest BCUT2D eigenvalue weighted by molar-refractivity contribution is 9.10. The standard InChI is InChI=1S/C24H17BrN2/c1-16-13-24(26-15-21(16)17-7-3-2-4-8-17)27-22-10-6-5-9-19(22)20-12-11-18(25)14-23(20)27/h2-15H,1H3/i2D,3D,4D,7D,8D. The Kier molecular flexibility index (Phi) is 2.76. The maximum Gasteiger partial charge on any atom is 0.137 e. The van der Waals surface area contributed by atoms with E-state index < -0.39 is 6.04 Å². The van der Waals surface area contributed by atoms with Gasteiger partial charge in [0.1, 0.15) is 5.82 Å². The maximum absolute atomic E-state index is 8.29. The number of fused-ring (bicyclic) bond motifs is 3. The van der Waals surface area contributed by atoms with Crippen molar-refractivity contribution in [3.05, 3.63) is 95.0 Å². The monoisotopic (exact) mass is 417 g/mol. The quantitative estimate of drug-likeness (QED) is 0.304. The minimum atomic E-state index is -0.401. The lowest BCUT2D eigenvalue weighted by Gasteiger charge is -2.11. The molecule has 2 heterocycles. The van der Waals surface area contributed by atoms with E-state index in [0.29, 0.717) is 11.4 Å². The van der Waals surface area contributed by atoms with Crippen LogP contribution in [0.25, 0.3) is 38.8 Å². The van der Waals surface area contributed by atoms with Crippen molar-refractivity contribution in [3.63, 3.8) is 0 Å². The minimum Gasteiger partial charge on any atom is -0.294 e. The molecule has 130 valence electrons. The molecular formula is C24H17BrN2. The molecule has 5 aromatic rings. The van der Waals surface area contributed by atoms with Gasteiger partial charge in [-0.05, 0) is 42.3 Å². The molecule has 5 rings (SSSR count). The summed E-state index contributed by atoms with van der Waals surface area (Å²) in [6.45, 7) is 1.87. The number of pyridine rings is 1. The Balaban J connectivity index is 1.77. The van der Waals surface area contributed by atoms with Crippen LogP contribution in [0, 0.1) is 6.92 Å². The lowest BCUT2D eigenvalue weighted by molar-refractivity contribution is 1.07. The number of rotatable bonds is 2. The lowest BCUT2D eigenvalue weighted by Crippen LogP contribution is -1.99. The van der Waals surface area contributed by atoms with Crippen LogP contribution < -0.4 is 0 Å². The highest BCUT2D eigenvalue weighted by atomic mass is 79.9. The fourth-order valence-corrected chi connectivity index (χ4v) is 3.85. The second-order valence-corrected chi connectivity index (χ2v) is 7.29. The second-order valence-electron chi connectivity index (χ2n) is 6.37. The smallest absolute Gasteiger partial charge is 0.137 e. The summed E-state index contributed by atoms with van der Waals surface area (Å²) in [4.78, 5) is 4.66. The summed E-state index contributed by atoms with van der Waals surface area (Å²) in [6.07, 6.45) is 1.59. The van der Waals surface area contributed by atoms with Gasteiger partial charge in [-0.1, -0.05) is 70.4 Å². The molecule has 2 aromatic heterocycles. The van der Waals surface area contributed by atoms with Crippen LogP contribution in [-0.4, -0.2) is 9.55 Å². The summed E-state index contributed by atoms with van der Waals surface area (Å²) < 4.78 is 43.4. The molecule has 0 unspecified atom stereocenters. The van der Waals surface area contributed by atoms with Crippen LogP contribution in [0.1, 0.15) is 12.4 Å². The van der Waals surface area contributed by atoms with Crippen molar-refractivity contribution in [2.45, 2.75) is 6.92 Å². The first-order valence-corrected chi connectivity index (χ1v) is 9.32. The Morgan fingerprint density at radius 1 is 0.926 bits per heavy atom. The van der Waals surface area contributed by atoms with Crippen LogP contribution in [0.5, 0.6) is 0 Å². The average Bonchev–Trinajstić information content (AvgIpc) is 3.11. The summed E-state index contributed by atoms with van der Waals surface area (Å²) >= 11 is 3.56. The molecule has 0 amide bonds. The Labute approximate surface area is 173 Å². The van der Waals surface area contributed by atoms with Gasteiger partial charge in [0.05, 0.1) is 17.9 Å². The normalized spacial score (nSPS) is 13.9. The van der Waals surface area contributed by atoms with E-state index in [1.54, 1.807) is 6.20 Å². The average molecular weight is 418 g/mol. The molecule has 0 N–H and O–H groups in total. The van der Waals surface area contributed by atoms with Crippen LogP contribution in [0.3, 0.4) is 0 Å². The van der Waals surface area contributed by atoms with Gasteiger partial charge in [-0.15, -0.1) is 0 Å². The van der Waals surface area contributed by atoms with Crippen molar-refractivity contribution < 1.29 is 6.85 Å². The Morgan fingerprint density at radius 2 is 1.70 bits per heavy atom. The van der Waals surface area contributed by atoms with Crippen molar-refractivity contribution in [1.82, 2.24) is 9.55 Å². The molecule has 3 heteroatoms. The van der Waals surface area contributed by atoms with Gasteiger partial charge < -0.3 is 0 Å². The summed E-state index contributed by atoms with van der Waals surface area (Å²) in [6, 6.07) is 14.6. The van der Waals surface area contributed by atoms with Crippen LogP contribution in [0.4, 0.5) is 0 Å². The first-order chi connectivity index (χ1) is 15.3. The number of aryl methyl sites for hydroxylation is 1. The van der Waals surface area contributed by atoms with Crippen LogP contribution in [0.15, 0.2) is 89.4 Å². The molecule has 0 fully saturated rings. The molecule has 0 atom stereocenters. The molecule has 0 bridgehead atoms. The third kappa shape index (κ3) is 2.66. The molecule has 0 spiro atoms. The van der Waals surface area contributed by atoms with Crippen molar-refractivity contribution in [2.75, 3.05) is 0 Å². The molecule has 0 saturated heterocycles. The van der Waals surface area contributed by atoms with E-state index in [1.165, 1.54) is 0 Å². The van der Waals surface area contributed by atoms with Crippen LogP contribution >= 0.6 is 15.9 Å². The molecule has 0 aliphatic carbocycles. The lowest BCUT2D eigenvalue weighted by atomic mass is 10.0. The van der Waals surface area contributed by atoms with Gasteiger partial charge in [0.15, 0.2) is 0 Å². The van der Waals surface area contributed by atoms with Crippen LogP contribution in [-0.2, 0) is 0 Å². The second kappa shape index (κ2) is 6.36. The predicted octanol–water partition coefficient (Wildman–Crippen LogP) is 6.92. The van der Waals surface area contributed by atoms with Crippen molar-refractivity contribution in [3.8, 4) is 16.9 Å². The number of halogens is 1. The van der Waals surface area contributed by atoms with Gasteiger partial charge in [0.25, 0.3) is 0 Å². The van der Waals surface area contributed by atoms with Crippen LogP contribution in [0.2, 0.25) is 0 Å². The zero-order valence-electron chi connectivity index (χ0n) is 19.5. The first-order valence-electron chi connectivity index (χ1n) is 11.0. The van der Waals surface area contributed by atoms with Gasteiger partial charge in [-0.2, -0.15) is 0 Å². The van der Waals surface area contributed by atoms with Gasteiger partial charge in [-0.25, -0.2) is 4.98 Å². The van der Waals surface area contributed by atoms with E-state index in [2.05, 4.69) is 43.7 Å². The first kappa shape index (κ1) is 11.7. The van der Waals surface area contributed by atoms with Gasteiger partial charge in [0.2, 0.25) is 0 Å². The van der Waals surface area contributed by atoms with E-state index in [-0.39, 0.29) is 29.7 Å². The number of hydrogen-bond acceptors (Lipinski definition) is 1. The predicted molar refractivity (Wildman–Crippen MR) is 116 cm³/mol. The van der Waals surface area contributed by atoms with Gasteiger partial charge in [0, 0.05) is 27.0 Å². The molecule has 0 radical (unpaired) electrons. The minimum absolute atomic E-state index is 0.164. The number of para-hydroxylation sites is 1. The Bertz CT molecular complexity index is 1530. The highest BCUT2D eigenvalue weighted by Crippen LogP contribution is 2.34. The number of aromatic nitrogens is 2. The van der Waals surface area contributed by atoms with Crippen molar-refractivity contribution >= 4 is 37.7 Å². The number of benzene rings is 3. The van der Waals surface area contributed by atoms with E-state index in [9.17, 15) is 0 Å². The Hall–Kier alpha value is -2.91. The molecule has 0 saturated carbocycles. The molecule has 0 aliphatic heterocycles. The molecular weight excluding hydrogens is 396 g/mol. The number of nitrogens with zero attached hydrogens (tertiary/aromatic N) is 2. The summed E-state index contributed by atoms with van der Waals surface area (Å²) in [5, 5.41) is 2.22. The Morgan fingerprint density at radius 3 is 2.52 bits per heavy atom. The fraction of sp³-hybridized carbons (Fsp3) is 0.0417. The summed E-state index contributed by atoms with van der Waals surface area (Å²) in [5.74, 6) is 0.697. The van der Waals surface area contributed by atoms with Crippen molar-refractivity contribution in [1.29, 1.82) is 0 Å². The SMILES string of the molecule is [2H]c1c([2H])c([2H])c(-c2cnc(-n3c4ccccc4c4ccc(Br)cc43)cc2C)c([2H])c1[2H]. The summed E-state index contributed by atoms with van der Waals surface area (Å²) in [5.41, 5.74) is 3.48. The molecule has 0 aliphatic rings. The van der Waals surface area contributed by atoms with Gasteiger partial charge >= 0.3 is 0 Å². The van der Waals surface area contributed by atoms with Gasteiger partial charge in [-0.3, -0.25) is 4.57 Å². The van der Waals surface area contributed by atoms with Crippen molar-refractivity contribution in [2.24, 2.45) is 0 Å². The zero-order valence-corrected chi connectivity index (χ0v) is 16.1. The number of hydrogen-bond donors (Lipinski definition) is 0. The van der Waals surface area contributed by atoms with E-state index in [4.69, 9.17) is 6.85 Å². The highest BCUT2D eigenvalue weighted by Gasteiger charge is 2.14. The third-order valence-electron chi connectivity index (χ3n) is 4.73. The zero-order chi connectivity index (χ0) is 22.7. The topological polar surface area (TPSA) is 17.8 Å². The van der Waals surface area contributed by atoms with E-state index in [0.717, 1.165) is 31.8 Å². The molecule has 3 aromatic carbocycles. The maximum atomic E-state index is 8.29. The summed E-state index contributed by atoms with van der Waals surface area (Å²) in [7, 11) is 0. The molecule has 27 heavy (non-hydrogen) atoms. The van der Waals surface area contributed by atoms with E-state index >= 15 is 0 Å². The van der Waals surface area contributed by atoms with E-state index in [1.807, 2.05) is 37.3 Å². The largest absolute Gasteiger partial charge is 0.294 e. The third-order valence-corrected chi connectivity index (χ3v) is 5.22. The fourth-order valence-electron chi connectivity index (χ4n) is 3.50.